The van der Waals surface area contributed by atoms with Gasteiger partial charge in [-0.15, -0.1) is 11.6 Å². The second-order valence-electron chi connectivity index (χ2n) is 5.78. The smallest absolute Gasteiger partial charge is 0.206 e. The van der Waals surface area contributed by atoms with Gasteiger partial charge in [-0.2, -0.15) is 0 Å². The van der Waals surface area contributed by atoms with Gasteiger partial charge in [-0.3, -0.25) is 0 Å². The van der Waals surface area contributed by atoms with Crippen molar-refractivity contribution in [2.45, 2.75) is 22.3 Å². The standard InChI is InChI=1S/C18H20Cl3NO5S/c19-6-1-7-26-18-16(20)8-15(9-17(18)21)28(24,25)14-4-2-13(3-5-14)27-11-12(23)10-22/h2-5,8-9,12,23H,1,6-7,10-11,22H2/t12-/m1/s1. The maximum Gasteiger partial charge on any atom is 0.206 e. The van der Waals surface area contributed by atoms with E-state index in [0.29, 0.717) is 24.7 Å². The molecule has 3 N–H and O–H groups in total. The highest BCUT2D eigenvalue weighted by atomic mass is 35.5. The molecule has 0 spiro atoms. The Bertz CT molecular complexity index is 868. The third kappa shape index (κ3) is 5.89. The molecule has 0 bridgehead atoms. The molecule has 0 aliphatic heterocycles. The lowest BCUT2D eigenvalue weighted by Crippen LogP contribution is -2.26. The summed E-state index contributed by atoms with van der Waals surface area (Å²) in [5.41, 5.74) is 5.31. The number of sulfone groups is 1. The Morgan fingerprint density at radius 3 is 2.18 bits per heavy atom. The van der Waals surface area contributed by atoms with Crippen LogP contribution < -0.4 is 15.2 Å². The molecule has 1 atom stereocenters. The molecule has 0 saturated heterocycles. The zero-order valence-corrected chi connectivity index (χ0v) is 17.9. The number of rotatable bonds is 10. The molecule has 0 fully saturated rings. The van der Waals surface area contributed by atoms with Gasteiger partial charge in [0, 0.05) is 12.4 Å². The summed E-state index contributed by atoms with van der Waals surface area (Å²) in [7, 11) is -3.85. The van der Waals surface area contributed by atoms with Crippen LogP contribution >= 0.6 is 34.8 Å². The minimum absolute atomic E-state index is 0.0129. The maximum atomic E-state index is 12.9. The summed E-state index contributed by atoms with van der Waals surface area (Å²) in [4.78, 5) is -0.0124. The molecule has 10 heteroatoms. The Morgan fingerprint density at radius 2 is 1.64 bits per heavy atom. The lowest BCUT2D eigenvalue weighted by atomic mass is 10.3. The van der Waals surface area contributed by atoms with E-state index >= 15 is 0 Å². The number of benzene rings is 2. The molecular formula is C18H20Cl3NO5S. The summed E-state index contributed by atoms with van der Waals surface area (Å²) in [5, 5.41) is 9.59. The van der Waals surface area contributed by atoms with Gasteiger partial charge in [-0.1, -0.05) is 23.2 Å². The number of hydrogen-bond donors (Lipinski definition) is 2. The average molecular weight is 469 g/mol. The lowest BCUT2D eigenvalue weighted by molar-refractivity contribution is 0.114. The van der Waals surface area contributed by atoms with E-state index in [1.165, 1.54) is 36.4 Å². The number of alkyl halides is 1. The minimum Gasteiger partial charge on any atom is -0.491 e. The summed E-state index contributed by atoms with van der Waals surface area (Å²) in [5.74, 6) is 1.05. The fraction of sp³-hybridized carbons (Fsp3) is 0.333. The van der Waals surface area contributed by atoms with Crippen molar-refractivity contribution >= 4 is 44.6 Å². The van der Waals surface area contributed by atoms with Crippen LogP contribution in [-0.4, -0.2) is 45.3 Å². The number of ether oxygens (including phenoxy) is 2. The van der Waals surface area contributed by atoms with Crippen molar-refractivity contribution in [3.63, 3.8) is 0 Å². The van der Waals surface area contributed by atoms with Crippen LogP contribution in [-0.2, 0) is 9.84 Å². The Hall–Kier alpha value is -1.22. The molecule has 0 heterocycles. The fourth-order valence-electron chi connectivity index (χ4n) is 2.17. The van der Waals surface area contributed by atoms with Crippen LogP contribution in [0.2, 0.25) is 10.0 Å². The number of hydrogen-bond acceptors (Lipinski definition) is 6. The van der Waals surface area contributed by atoms with E-state index in [4.69, 9.17) is 50.0 Å². The molecule has 0 aliphatic carbocycles. The highest BCUT2D eigenvalue weighted by molar-refractivity contribution is 7.91. The third-order valence-corrected chi connectivity index (χ3v) is 6.23. The first-order valence-electron chi connectivity index (χ1n) is 8.33. The zero-order valence-electron chi connectivity index (χ0n) is 14.8. The Balaban J connectivity index is 2.22. The molecule has 2 rings (SSSR count). The Labute approximate surface area is 179 Å². The largest absolute Gasteiger partial charge is 0.491 e. The molecule has 2 aromatic carbocycles. The van der Waals surface area contributed by atoms with E-state index in [0.717, 1.165) is 0 Å². The first kappa shape index (κ1) is 23.1. The molecule has 2 aromatic rings. The topological polar surface area (TPSA) is 98.9 Å². The van der Waals surface area contributed by atoms with E-state index in [1.807, 2.05) is 0 Å². The van der Waals surface area contributed by atoms with E-state index < -0.39 is 15.9 Å². The lowest BCUT2D eigenvalue weighted by Gasteiger charge is -2.13. The van der Waals surface area contributed by atoms with Crippen molar-refractivity contribution in [2.24, 2.45) is 5.73 Å². The Kier molecular flexibility index (Phi) is 8.67. The van der Waals surface area contributed by atoms with Gasteiger partial charge in [0.25, 0.3) is 0 Å². The summed E-state index contributed by atoms with van der Waals surface area (Å²) < 4.78 is 36.5. The van der Waals surface area contributed by atoms with Crippen molar-refractivity contribution in [3.05, 3.63) is 46.4 Å². The molecule has 6 nitrogen and oxygen atoms in total. The van der Waals surface area contributed by atoms with Gasteiger partial charge in [0.05, 0.1) is 26.4 Å². The van der Waals surface area contributed by atoms with E-state index in [9.17, 15) is 13.5 Å². The third-order valence-electron chi connectivity index (χ3n) is 3.65. The zero-order chi connectivity index (χ0) is 20.7. The van der Waals surface area contributed by atoms with Gasteiger partial charge >= 0.3 is 0 Å². The predicted octanol–water partition coefficient (Wildman–Crippen LogP) is 3.53. The maximum absolute atomic E-state index is 12.9. The molecule has 0 saturated carbocycles. The summed E-state index contributed by atoms with van der Waals surface area (Å²) >= 11 is 17.9. The van der Waals surface area contributed by atoms with Crippen LogP contribution in [0.25, 0.3) is 0 Å². The number of aliphatic hydroxyl groups excluding tert-OH is 1. The van der Waals surface area contributed by atoms with Crippen LogP contribution in [0.4, 0.5) is 0 Å². The monoisotopic (exact) mass is 467 g/mol. The normalized spacial score (nSPS) is 12.6. The number of nitrogens with two attached hydrogens (primary N) is 1. The quantitative estimate of drug-likeness (QED) is 0.409. The summed E-state index contributed by atoms with van der Waals surface area (Å²) in [6, 6.07) is 8.35. The van der Waals surface area contributed by atoms with Crippen LogP contribution in [0.15, 0.2) is 46.2 Å². The first-order valence-corrected chi connectivity index (χ1v) is 11.1. The van der Waals surface area contributed by atoms with Gasteiger partial charge in [-0.05, 0) is 42.8 Å². The van der Waals surface area contributed by atoms with Gasteiger partial charge in [0.2, 0.25) is 9.84 Å². The molecule has 154 valence electrons. The van der Waals surface area contributed by atoms with E-state index in [1.54, 1.807) is 0 Å². The van der Waals surface area contributed by atoms with Gasteiger partial charge in [-0.25, -0.2) is 8.42 Å². The highest BCUT2D eigenvalue weighted by Gasteiger charge is 2.21. The van der Waals surface area contributed by atoms with Gasteiger partial charge < -0.3 is 20.3 Å². The van der Waals surface area contributed by atoms with Crippen LogP contribution in [0.1, 0.15) is 6.42 Å². The van der Waals surface area contributed by atoms with Crippen LogP contribution in [0.3, 0.4) is 0 Å². The molecule has 0 radical (unpaired) electrons. The highest BCUT2D eigenvalue weighted by Crippen LogP contribution is 2.37. The van der Waals surface area contributed by atoms with Crippen LogP contribution in [0.5, 0.6) is 11.5 Å². The second-order valence-corrected chi connectivity index (χ2v) is 8.92. The molecule has 28 heavy (non-hydrogen) atoms. The van der Waals surface area contributed by atoms with Crippen molar-refractivity contribution < 1.29 is 23.0 Å². The molecular weight excluding hydrogens is 449 g/mol. The molecule has 0 aliphatic rings. The van der Waals surface area contributed by atoms with Crippen molar-refractivity contribution in [1.82, 2.24) is 0 Å². The first-order chi connectivity index (χ1) is 13.3. The van der Waals surface area contributed by atoms with E-state index in [-0.39, 0.29) is 38.7 Å². The SMILES string of the molecule is NC[C@@H](O)COc1ccc(S(=O)(=O)c2cc(Cl)c(OCCCCl)c(Cl)c2)cc1. The number of aliphatic hydroxyl groups is 1. The van der Waals surface area contributed by atoms with Gasteiger partial charge in [0.1, 0.15) is 18.5 Å². The van der Waals surface area contributed by atoms with Crippen molar-refractivity contribution in [3.8, 4) is 11.5 Å². The molecule has 0 aromatic heterocycles. The van der Waals surface area contributed by atoms with Crippen molar-refractivity contribution in [1.29, 1.82) is 0 Å². The average Bonchev–Trinajstić information content (AvgIpc) is 2.68. The van der Waals surface area contributed by atoms with Crippen LogP contribution in [0, 0.1) is 0 Å². The number of halogens is 3. The fourth-order valence-corrected chi connectivity index (χ4v) is 4.32. The van der Waals surface area contributed by atoms with E-state index in [2.05, 4.69) is 0 Å². The minimum atomic E-state index is -3.85. The van der Waals surface area contributed by atoms with Crippen molar-refractivity contribution in [2.75, 3.05) is 25.6 Å². The second kappa shape index (κ2) is 10.5. The Morgan fingerprint density at radius 1 is 1.04 bits per heavy atom. The predicted molar refractivity (Wildman–Crippen MR) is 110 cm³/mol. The van der Waals surface area contributed by atoms with Gasteiger partial charge in [0.15, 0.2) is 5.75 Å². The summed E-state index contributed by atoms with van der Waals surface area (Å²) in [6.07, 6.45) is -0.191. The summed E-state index contributed by atoms with van der Waals surface area (Å²) in [6.45, 7) is 0.397. The molecule has 0 unspecified atom stereocenters. The molecule has 0 amide bonds.